The molecule has 0 aromatic rings. The first-order chi connectivity index (χ1) is 7.76. The van der Waals surface area contributed by atoms with Gasteiger partial charge in [-0.1, -0.05) is 6.42 Å². The molecule has 86 valence electrons. The van der Waals surface area contributed by atoms with Crippen molar-refractivity contribution in [2.45, 2.75) is 50.5 Å². The molecule has 0 spiro atoms. The standard InChI is InChI=1S/C13H18N2O/c14-8-13(6-1-2-7-13)15-12(16)11-9-4-3-5-10(9)11/h9-11H,1-7H2,(H,15,16). The molecule has 0 saturated heterocycles. The molecule has 16 heavy (non-hydrogen) atoms. The van der Waals surface area contributed by atoms with Crippen molar-refractivity contribution >= 4 is 5.91 Å². The Morgan fingerprint density at radius 3 is 2.38 bits per heavy atom. The quantitative estimate of drug-likeness (QED) is 0.770. The van der Waals surface area contributed by atoms with Crippen molar-refractivity contribution in [1.29, 1.82) is 5.26 Å². The maximum Gasteiger partial charge on any atom is 0.224 e. The molecule has 0 aromatic carbocycles. The first-order valence-electron chi connectivity index (χ1n) is 6.49. The van der Waals surface area contributed by atoms with Crippen LogP contribution in [0.4, 0.5) is 0 Å². The average molecular weight is 218 g/mol. The molecule has 3 nitrogen and oxygen atoms in total. The third-order valence-electron chi connectivity index (χ3n) is 4.74. The normalized spacial score (nSPS) is 38.8. The van der Waals surface area contributed by atoms with Crippen molar-refractivity contribution in [3.8, 4) is 6.07 Å². The molecular weight excluding hydrogens is 200 g/mol. The van der Waals surface area contributed by atoms with Gasteiger partial charge in [0.15, 0.2) is 0 Å². The summed E-state index contributed by atoms with van der Waals surface area (Å²) in [6.45, 7) is 0. The zero-order valence-electron chi connectivity index (χ0n) is 9.54. The largest absolute Gasteiger partial charge is 0.338 e. The lowest BCUT2D eigenvalue weighted by molar-refractivity contribution is -0.124. The highest BCUT2D eigenvalue weighted by Gasteiger charge is 2.57. The van der Waals surface area contributed by atoms with E-state index in [2.05, 4.69) is 11.4 Å². The fourth-order valence-corrected chi connectivity index (χ4v) is 3.77. The van der Waals surface area contributed by atoms with Crippen LogP contribution in [0, 0.1) is 29.1 Å². The van der Waals surface area contributed by atoms with Gasteiger partial charge in [-0.2, -0.15) is 5.26 Å². The minimum absolute atomic E-state index is 0.165. The number of amides is 1. The summed E-state index contributed by atoms with van der Waals surface area (Å²) in [4.78, 5) is 12.1. The molecule has 2 atom stereocenters. The number of hydrogen-bond acceptors (Lipinski definition) is 2. The van der Waals surface area contributed by atoms with Crippen LogP contribution in [0.3, 0.4) is 0 Å². The summed E-state index contributed by atoms with van der Waals surface area (Å²) in [5.74, 6) is 1.71. The number of hydrogen-bond donors (Lipinski definition) is 1. The molecule has 0 aromatic heterocycles. The second-order valence-electron chi connectivity index (χ2n) is 5.67. The molecular formula is C13H18N2O. The van der Waals surface area contributed by atoms with Crippen LogP contribution in [0.25, 0.3) is 0 Å². The average Bonchev–Trinajstić information content (AvgIpc) is 2.73. The van der Waals surface area contributed by atoms with Gasteiger partial charge in [0.1, 0.15) is 5.54 Å². The molecule has 3 rings (SSSR count). The first-order valence-corrected chi connectivity index (χ1v) is 6.49. The van der Waals surface area contributed by atoms with E-state index in [0.29, 0.717) is 11.8 Å². The summed E-state index contributed by atoms with van der Waals surface area (Å²) < 4.78 is 0. The Kier molecular flexibility index (Phi) is 2.20. The molecule has 0 radical (unpaired) electrons. The molecule has 0 bridgehead atoms. The zero-order chi connectivity index (χ0) is 11.2. The number of nitriles is 1. The topological polar surface area (TPSA) is 52.9 Å². The van der Waals surface area contributed by atoms with E-state index < -0.39 is 5.54 Å². The Labute approximate surface area is 96.2 Å². The van der Waals surface area contributed by atoms with Gasteiger partial charge < -0.3 is 5.32 Å². The zero-order valence-corrected chi connectivity index (χ0v) is 9.54. The lowest BCUT2D eigenvalue weighted by Gasteiger charge is -2.22. The summed E-state index contributed by atoms with van der Waals surface area (Å²) in [5, 5.41) is 12.2. The van der Waals surface area contributed by atoms with Crippen molar-refractivity contribution in [2.24, 2.45) is 17.8 Å². The smallest absolute Gasteiger partial charge is 0.224 e. The molecule has 0 aliphatic heterocycles. The van der Waals surface area contributed by atoms with E-state index in [-0.39, 0.29) is 11.8 Å². The number of nitrogens with zero attached hydrogens (tertiary/aromatic N) is 1. The molecule has 1 amide bonds. The SMILES string of the molecule is N#CC1(NC(=O)C2C3CCCC32)CCCC1. The molecule has 1 N–H and O–H groups in total. The van der Waals surface area contributed by atoms with Gasteiger partial charge in [-0.15, -0.1) is 0 Å². The van der Waals surface area contributed by atoms with E-state index in [1.165, 1.54) is 19.3 Å². The van der Waals surface area contributed by atoms with Crippen LogP contribution in [-0.4, -0.2) is 11.4 Å². The summed E-state index contributed by atoms with van der Waals surface area (Å²) >= 11 is 0. The van der Waals surface area contributed by atoms with Crippen LogP contribution < -0.4 is 5.32 Å². The van der Waals surface area contributed by atoms with Crippen LogP contribution >= 0.6 is 0 Å². The minimum Gasteiger partial charge on any atom is -0.338 e. The van der Waals surface area contributed by atoms with Gasteiger partial charge in [0, 0.05) is 5.92 Å². The number of carbonyl (C=O) groups is 1. The molecule has 3 heteroatoms. The predicted molar refractivity (Wildman–Crippen MR) is 59.3 cm³/mol. The second-order valence-corrected chi connectivity index (χ2v) is 5.67. The minimum atomic E-state index is -0.520. The highest BCUT2D eigenvalue weighted by molar-refractivity contribution is 5.83. The van der Waals surface area contributed by atoms with Gasteiger partial charge >= 0.3 is 0 Å². The van der Waals surface area contributed by atoms with E-state index in [0.717, 1.165) is 25.7 Å². The molecule has 3 fully saturated rings. The van der Waals surface area contributed by atoms with Crippen LogP contribution in [0.15, 0.2) is 0 Å². The maximum absolute atomic E-state index is 12.1. The van der Waals surface area contributed by atoms with E-state index in [9.17, 15) is 10.1 Å². The van der Waals surface area contributed by atoms with Crippen molar-refractivity contribution in [3.63, 3.8) is 0 Å². The van der Waals surface area contributed by atoms with E-state index >= 15 is 0 Å². The third kappa shape index (κ3) is 1.43. The summed E-state index contributed by atoms with van der Waals surface area (Å²) in [5.41, 5.74) is -0.520. The molecule has 3 saturated carbocycles. The van der Waals surface area contributed by atoms with Crippen molar-refractivity contribution in [2.75, 3.05) is 0 Å². The van der Waals surface area contributed by atoms with Crippen molar-refractivity contribution < 1.29 is 4.79 Å². The number of fused-ring (bicyclic) bond motifs is 1. The van der Waals surface area contributed by atoms with Crippen LogP contribution in [-0.2, 0) is 4.79 Å². The van der Waals surface area contributed by atoms with Gasteiger partial charge in [0.05, 0.1) is 6.07 Å². The monoisotopic (exact) mass is 218 g/mol. The Hall–Kier alpha value is -1.04. The fourth-order valence-electron chi connectivity index (χ4n) is 3.77. The van der Waals surface area contributed by atoms with Crippen molar-refractivity contribution in [1.82, 2.24) is 5.32 Å². The van der Waals surface area contributed by atoms with Gasteiger partial charge in [0.2, 0.25) is 5.91 Å². The molecule has 3 aliphatic rings. The number of nitrogens with one attached hydrogen (secondary N) is 1. The van der Waals surface area contributed by atoms with Gasteiger partial charge in [-0.3, -0.25) is 4.79 Å². The maximum atomic E-state index is 12.1. The molecule has 3 aliphatic carbocycles. The summed E-state index contributed by atoms with van der Waals surface area (Å²) in [7, 11) is 0. The van der Waals surface area contributed by atoms with Crippen molar-refractivity contribution in [3.05, 3.63) is 0 Å². The molecule has 2 unspecified atom stereocenters. The van der Waals surface area contributed by atoms with E-state index in [1.807, 2.05) is 0 Å². The van der Waals surface area contributed by atoms with E-state index in [1.54, 1.807) is 0 Å². The van der Waals surface area contributed by atoms with Crippen LogP contribution in [0.1, 0.15) is 44.9 Å². The highest BCUT2D eigenvalue weighted by Crippen LogP contribution is 2.57. The number of carbonyl (C=O) groups excluding carboxylic acids is 1. The second kappa shape index (κ2) is 3.48. The van der Waals surface area contributed by atoms with Gasteiger partial charge in [-0.05, 0) is 50.4 Å². The lowest BCUT2D eigenvalue weighted by Crippen LogP contribution is -2.46. The summed E-state index contributed by atoms with van der Waals surface area (Å²) in [6.07, 6.45) is 7.58. The summed E-state index contributed by atoms with van der Waals surface area (Å²) in [6, 6.07) is 2.32. The van der Waals surface area contributed by atoms with Crippen LogP contribution in [0.5, 0.6) is 0 Å². The Bertz CT molecular complexity index is 341. The van der Waals surface area contributed by atoms with Gasteiger partial charge in [-0.25, -0.2) is 0 Å². The predicted octanol–water partition coefficient (Wildman–Crippen LogP) is 1.99. The molecule has 0 heterocycles. The Morgan fingerprint density at radius 1 is 1.19 bits per heavy atom. The lowest BCUT2D eigenvalue weighted by atomic mass is 9.99. The number of rotatable bonds is 2. The highest BCUT2D eigenvalue weighted by atomic mass is 16.2. The van der Waals surface area contributed by atoms with Gasteiger partial charge in [0.25, 0.3) is 0 Å². The first kappa shape index (κ1) is 10.1. The van der Waals surface area contributed by atoms with Crippen LogP contribution in [0.2, 0.25) is 0 Å². The third-order valence-corrected chi connectivity index (χ3v) is 4.74. The fraction of sp³-hybridized carbons (Fsp3) is 0.846. The Morgan fingerprint density at radius 2 is 1.81 bits per heavy atom. The Balaban J connectivity index is 1.63. The van der Waals surface area contributed by atoms with E-state index in [4.69, 9.17) is 0 Å².